The monoisotopic (exact) mass is 372 g/mol. The first-order chi connectivity index (χ1) is 12.8. The molecule has 1 unspecified atom stereocenters. The van der Waals surface area contributed by atoms with Crippen molar-refractivity contribution in [3.63, 3.8) is 0 Å². The first-order valence-corrected chi connectivity index (χ1v) is 9.73. The van der Waals surface area contributed by atoms with E-state index in [0.29, 0.717) is 5.92 Å². The molecule has 1 aromatic heterocycles. The van der Waals surface area contributed by atoms with E-state index in [1.807, 2.05) is 16.8 Å². The van der Waals surface area contributed by atoms with E-state index in [2.05, 4.69) is 72.1 Å². The number of ether oxygens (including phenoxy) is 1. The van der Waals surface area contributed by atoms with Crippen LogP contribution in [0.15, 0.2) is 24.3 Å². The fraction of sp³-hybridized carbons (Fsp3) is 0.650. The minimum absolute atomic E-state index is 0.134. The van der Waals surface area contributed by atoms with Gasteiger partial charge in [-0.05, 0) is 49.2 Å². The first-order valence-electron chi connectivity index (χ1n) is 9.73. The number of anilines is 1. The van der Waals surface area contributed by atoms with Crippen LogP contribution in [-0.2, 0) is 5.54 Å². The molecule has 7 nitrogen and oxygen atoms in total. The number of nitrogens with zero attached hydrogens (tertiary/aromatic N) is 6. The van der Waals surface area contributed by atoms with Crippen LogP contribution in [0.1, 0.15) is 46.5 Å². The third-order valence-electron chi connectivity index (χ3n) is 5.16. The predicted octanol–water partition coefficient (Wildman–Crippen LogP) is 2.96. The molecule has 2 aromatic rings. The zero-order valence-corrected chi connectivity index (χ0v) is 17.4. The number of piperazine rings is 1. The van der Waals surface area contributed by atoms with Gasteiger partial charge in [0.25, 0.3) is 0 Å². The molecule has 0 aliphatic carbocycles. The molecule has 0 radical (unpaired) electrons. The Morgan fingerprint density at radius 3 is 2.30 bits per heavy atom. The van der Waals surface area contributed by atoms with Crippen molar-refractivity contribution < 1.29 is 4.74 Å². The number of methoxy groups -OCH3 is 1. The lowest BCUT2D eigenvalue weighted by molar-refractivity contribution is 0.128. The summed E-state index contributed by atoms with van der Waals surface area (Å²) in [4.78, 5) is 4.92. The molecular formula is C20H32N6O. The molecule has 1 aromatic carbocycles. The molecule has 0 amide bonds. The van der Waals surface area contributed by atoms with E-state index < -0.39 is 0 Å². The average molecular weight is 373 g/mol. The Morgan fingerprint density at radius 2 is 1.70 bits per heavy atom. The molecule has 7 heteroatoms. The first kappa shape index (κ1) is 19.6. The molecular weight excluding hydrogens is 340 g/mol. The Kier molecular flexibility index (Phi) is 5.69. The third kappa shape index (κ3) is 4.08. The number of benzene rings is 1. The number of tetrazole rings is 1. The molecule has 148 valence electrons. The fourth-order valence-electron chi connectivity index (χ4n) is 3.87. The van der Waals surface area contributed by atoms with Crippen LogP contribution in [0.5, 0.6) is 5.75 Å². The summed E-state index contributed by atoms with van der Waals surface area (Å²) in [5.41, 5.74) is 1.03. The summed E-state index contributed by atoms with van der Waals surface area (Å²) in [7, 11) is 1.73. The fourth-order valence-corrected chi connectivity index (χ4v) is 3.87. The van der Waals surface area contributed by atoms with Gasteiger partial charge in [0.1, 0.15) is 5.75 Å². The van der Waals surface area contributed by atoms with Crippen molar-refractivity contribution in [1.82, 2.24) is 25.1 Å². The molecule has 1 aliphatic rings. The van der Waals surface area contributed by atoms with Gasteiger partial charge in [-0.15, -0.1) is 5.10 Å². The summed E-state index contributed by atoms with van der Waals surface area (Å²) in [5, 5.41) is 12.7. The Hall–Kier alpha value is -2.15. The summed E-state index contributed by atoms with van der Waals surface area (Å²) in [6, 6.07) is 8.45. The highest BCUT2D eigenvalue weighted by Crippen LogP contribution is 2.33. The second-order valence-corrected chi connectivity index (χ2v) is 8.50. The minimum atomic E-state index is -0.134. The van der Waals surface area contributed by atoms with Crippen molar-refractivity contribution in [3.8, 4) is 5.75 Å². The van der Waals surface area contributed by atoms with Crippen LogP contribution in [0.2, 0.25) is 0 Å². The third-order valence-corrected chi connectivity index (χ3v) is 5.16. The topological polar surface area (TPSA) is 59.3 Å². The lowest BCUT2D eigenvalue weighted by Gasteiger charge is -2.41. The molecule has 3 rings (SSSR count). The van der Waals surface area contributed by atoms with E-state index in [-0.39, 0.29) is 11.6 Å². The van der Waals surface area contributed by atoms with Crippen molar-refractivity contribution in [3.05, 3.63) is 30.1 Å². The Balaban J connectivity index is 1.78. The number of para-hydroxylation sites is 2. The Labute approximate surface area is 162 Å². The summed E-state index contributed by atoms with van der Waals surface area (Å²) < 4.78 is 7.51. The lowest BCUT2D eigenvalue weighted by Crippen LogP contribution is -2.49. The SMILES string of the molecule is COc1ccccc1N1CCN(C(c2nnnn2C(C)(C)C)C(C)C)CC1. The van der Waals surface area contributed by atoms with Gasteiger partial charge in [-0.3, -0.25) is 4.90 Å². The van der Waals surface area contributed by atoms with Crippen molar-refractivity contribution in [2.24, 2.45) is 5.92 Å². The smallest absolute Gasteiger partial charge is 0.169 e. The van der Waals surface area contributed by atoms with Gasteiger partial charge in [-0.25, -0.2) is 4.68 Å². The second kappa shape index (κ2) is 7.84. The van der Waals surface area contributed by atoms with E-state index in [4.69, 9.17) is 4.74 Å². The van der Waals surface area contributed by atoms with E-state index in [9.17, 15) is 0 Å². The lowest BCUT2D eigenvalue weighted by atomic mass is 9.99. The minimum Gasteiger partial charge on any atom is -0.495 e. The van der Waals surface area contributed by atoms with Crippen LogP contribution in [0, 0.1) is 5.92 Å². The van der Waals surface area contributed by atoms with Gasteiger partial charge in [0, 0.05) is 26.2 Å². The number of hydrogen-bond acceptors (Lipinski definition) is 6. The highest BCUT2D eigenvalue weighted by Gasteiger charge is 2.34. The normalized spacial score (nSPS) is 17.4. The summed E-state index contributed by atoms with van der Waals surface area (Å²) in [5.74, 6) is 2.32. The highest BCUT2D eigenvalue weighted by atomic mass is 16.5. The van der Waals surface area contributed by atoms with Gasteiger partial charge < -0.3 is 9.64 Å². The molecule has 1 atom stereocenters. The molecule has 0 spiro atoms. The van der Waals surface area contributed by atoms with E-state index in [0.717, 1.165) is 37.8 Å². The van der Waals surface area contributed by atoms with Gasteiger partial charge in [-0.1, -0.05) is 26.0 Å². The van der Waals surface area contributed by atoms with Gasteiger partial charge in [0.05, 0.1) is 24.4 Å². The van der Waals surface area contributed by atoms with Crippen molar-refractivity contribution in [2.45, 2.75) is 46.2 Å². The van der Waals surface area contributed by atoms with Crippen LogP contribution in [0.3, 0.4) is 0 Å². The second-order valence-electron chi connectivity index (χ2n) is 8.50. The van der Waals surface area contributed by atoms with Gasteiger partial charge in [-0.2, -0.15) is 0 Å². The van der Waals surface area contributed by atoms with Crippen LogP contribution < -0.4 is 9.64 Å². The maximum absolute atomic E-state index is 5.54. The molecule has 0 saturated carbocycles. The zero-order chi connectivity index (χ0) is 19.6. The van der Waals surface area contributed by atoms with Crippen LogP contribution in [-0.4, -0.2) is 58.4 Å². The summed E-state index contributed by atoms with van der Waals surface area (Å²) in [6.45, 7) is 14.8. The summed E-state index contributed by atoms with van der Waals surface area (Å²) in [6.07, 6.45) is 0. The maximum Gasteiger partial charge on any atom is 0.169 e. The largest absolute Gasteiger partial charge is 0.495 e. The summed E-state index contributed by atoms with van der Waals surface area (Å²) >= 11 is 0. The molecule has 1 aliphatic heterocycles. The molecule has 1 saturated heterocycles. The highest BCUT2D eigenvalue weighted by molar-refractivity contribution is 5.58. The molecule has 27 heavy (non-hydrogen) atoms. The predicted molar refractivity (Wildman–Crippen MR) is 107 cm³/mol. The van der Waals surface area contributed by atoms with Crippen LogP contribution in [0.25, 0.3) is 0 Å². The average Bonchev–Trinajstić information content (AvgIpc) is 3.12. The van der Waals surface area contributed by atoms with Crippen molar-refractivity contribution >= 4 is 5.69 Å². The van der Waals surface area contributed by atoms with Crippen LogP contribution in [0.4, 0.5) is 5.69 Å². The van der Waals surface area contributed by atoms with E-state index in [1.165, 1.54) is 5.69 Å². The maximum atomic E-state index is 5.54. The molecule has 0 bridgehead atoms. The van der Waals surface area contributed by atoms with Gasteiger partial charge in [0.2, 0.25) is 0 Å². The zero-order valence-electron chi connectivity index (χ0n) is 17.4. The number of hydrogen-bond donors (Lipinski definition) is 0. The van der Waals surface area contributed by atoms with Crippen molar-refractivity contribution in [1.29, 1.82) is 0 Å². The standard InChI is InChI=1S/C20H32N6O/c1-15(2)18(19-21-22-23-26(19)20(3,4)5)25-13-11-24(12-14-25)16-9-7-8-10-17(16)27-6/h7-10,15,18H,11-14H2,1-6H3. The number of aromatic nitrogens is 4. The molecule has 2 heterocycles. The van der Waals surface area contributed by atoms with Gasteiger partial charge in [0.15, 0.2) is 5.82 Å². The Morgan fingerprint density at radius 1 is 1.04 bits per heavy atom. The molecule has 0 N–H and O–H groups in total. The van der Waals surface area contributed by atoms with E-state index >= 15 is 0 Å². The van der Waals surface area contributed by atoms with Crippen LogP contribution >= 0.6 is 0 Å². The quantitative estimate of drug-likeness (QED) is 0.804. The van der Waals surface area contributed by atoms with Crippen molar-refractivity contribution in [2.75, 3.05) is 38.2 Å². The van der Waals surface area contributed by atoms with E-state index in [1.54, 1.807) is 7.11 Å². The molecule has 1 fully saturated rings. The Bertz CT molecular complexity index is 743. The van der Waals surface area contributed by atoms with Gasteiger partial charge >= 0.3 is 0 Å². The number of rotatable bonds is 5.